The number of carboxylic acid groups (broad SMARTS) is 1. The molecular formula is C76H114O37. The van der Waals surface area contributed by atoms with E-state index < -0.39 is 285 Å². The first-order valence-corrected chi connectivity index (χ1v) is 38.6. The molecule has 113 heavy (non-hydrogen) atoms. The van der Waals surface area contributed by atoms with Crippen LogP contribution in [0.3, 0.4) is 0 Å². The Labute approximate surface area is 651 Å². The zero-order valence-electron chi connectivity index (χ0n) is 64.6. The molecule has 38 atom stereocenters. The molecular weight excluding hydrogens is 1500 g/mol. The van der Waals surface area contributed by atoms with E-state index in [2.05, 4.69) is 20.8 Å². The molecule has 37 nitrogen and oxygen atoms in total. The van der Waals surface area contributed by atoms with E-state index in [1.807, 2.05) is 13.0 Å². The van der Waals surface area contributed by atoms with Crippen LogP contribution in [0.25, 0.3) is 6.08 Å². The van der Waals surface area contributed by atoms with Crippen molar-refractivity contribution in [1.29, 1.82) is 0 Å². The molecule has 5 aliphatic carbocycles. The summed E-state index contributed by atoms with van der Waals surface area (Å²) in [6.07, 6.45) is -46.0. The molecule has 0 radical (unpaired) electrons. The molecule has 1 aromatic carbocycles. The minimum absolute atomic E-state index is 0.0151. The van der Waals surface area contributed by atoms with Gasteiger partial charge in [-0.1, -0.05) is 39.3 Å². The number of carbonyl (C=O) groups is 3. The second-order valence-electron chi connectivity index (χ2n) is 34.0. The van der Waals surface area contributed by atoms with Gasteiger partial charge in [0.15, 0.2) is 55.2 Å². The number of hydrogen-bond donors (Lipinski definition) is 18. The molecule has 12 rings (SSSR count). The highest BCUT2D eigenvalue weighted by Crippen LogP contribution is 2.76. The van der Waals surface area contributed by atoms with Crippen molar-refractivity contribution in [2.75, 3.05) is 54.4 Å². The van der Waals surface area contributed by atoms with Crippen molar-refractivity contribution in [3.05, 3.63) is 35.4 Å². The number of benzene rings is 1. The van der Waals surface area contributed by atoms with E-state index in [0.717, 1.165) is 11.6 Å². The van der Waals surface area contributed by atoms with Crippen LogP contribution in [-0.4, -0.2) is 348 Å². The maximum absolute atomic E-state index is 16.1. The molecule has 2 unspecified atom stereocenters. The molecule has 0 aromatic heterocycles. The van der Waals surface area contributed by atoms with Crippen LogP contribution in [0.2, 0.25) is 0 Å². The Morgan fingerprint density at radius 1 is 0.513 bits per heavy atom. The van der Waals surface area contributed by atoms with E-state index in [4.69, 9.17) is 75.8 Å². The summed E-state index contributed by atoms with van der Waals surface area (Å²) in [4.78, 5) is 44.0. The van der Waals surface area contributed by atoms with Gasteiger partial charge in [-0.3, -0.25) is 9.59 Å². The topological polar surface area (TPSA) is 563 Å². The fourth-order valence-corrected chi connectivity index (χ4v) is 20.7. The Morgan fingerprint density at radius 2 is 1.06 bits per heavy atom. The Kier molecular flexibility index (Phi) is 26.3. The van der Waals surface area contributed by atoms with Crippen molar-refractivity contribution in [2.24, 2.45) is 50.2 Å². The lowest BCUT2D eigenvalue weighted by molar-refractivity contribution is -0.384. The van der Waals surface area contributed by atoms with E-state index in [1.165, 1.54) is 48.2 Å². The third kappa shape index (κ3) is 15.5. The maximum Gasteiger partial charge on any atom is 0.331 e. The highest BCUT2D eigenvalue weighted by Gasteiger charge is 2.74. The lowest BCUT2D eigenvalue weighted by Gasteiger charge is -2.71. The average Bonchev–Trinajstić information content (AvgIpc) is 0.667. The summed E-state index contributed by atoms with van der Waals surface area (Å²) >= 11 is 0. The SMILES string of the molecule is COc1cc(/C=C\C(=O)O[C@@H]2[C@H](O)[C@@H](O[C@@H]3O[C@@H](C)[C@H](O[C@@H]4OC[C@@H](O)[C@H](O[C@@H]5O[C@H](CO)[C@H](O[C@@H]6OC[C@H](O)[C@H](O)[C@H]6O)[C@H](O)[C@H]5O)[C@H]4O)[C@@H](O)[C@H]3O)[C@H](OC(=O)[C@]34CCC(C)(C)C[C@H]3C3=CC[C@@H]5[C@@]6(C)CC(O)C(O[C@@H]7O[C@H](CO)[C@@H](O)[C@H](O)[C@H]7O)[C@@](C)(C(=O)O)[C@@H]6CC[C@@]5(C)[C@]3(CO)CC4)O[C@@H]2C)cc(OC)c1OC. The number of ether oxygens (including phenoxy) is 16. The number of aliphatic hydroxyl groups excluding tert-OH is 17. The standard InChI is InChI=1S/C76H114O37/c1-30-56(108-64-55(94)58(37(82)28-102-64)109-66-53(92)49(88)60(41(26-78)106-66)110-63-50(89)45(84)36(81)27-101-63)48(87)52(91)65(103-30)111-61-54(93)57(107-44(83)14-11-32-21-38(98-8)59(100-10)39(22-32)99-9)31(2)104-68(61)113-70(97)75-18-17-71(3,4)23-34(75)33-12-13-42-72(5)24-35(80)62(112-67-51(90)47(86)46(85)40(25-77)105-67)74(7,69(95)96)43(72)15-16-73(42,6)76(33,29-79)20-19-75/h11-12,14,21-22,30-31,34-37,40-43,45-58,60-68,77-82,84-94H,13,15-20,23-29H2,1-10H3,(H,95,96)/b14-11-/t30-,31+,34-,35?,36-,37+,40+,41+,42+,43+,45-,46+,47-,48-,49+,50+,51+,52+,53+,54-,55+,56-,57-,58-,60-,61+,62?,63-,64-,65-,66-,67-,68-,72+,73+,74-,75-,76-/m0/s1. The summed E-state index contributed by atoms with van der Waals surface area (Å²) in [6.45, 7) is 9.24. The monoisotopic (exact) mass is 1620 g/mol. The molecule has 0 amide bonds. The van der Waals surface area contributed by atoms with Gasteiger partial charge < -0.3 is 168 Å². The molecule has 10 fully saturated rings. The van der Waals surface area contributed by atoms with Crippen molar-refractivity contribution in [2.45, 2.75) is 290 Å². The smallest absolute Gasteiger partial charge is 0.331 e. The molecule has 37 heteroatoms. The normalized spacial score (nSPS) is 48.5. The maximum atomic E-state index is 16.1. The van der Waals surface area contributed by atoms with Gasteiger partial charge in [0.1, 0.15) is 116 Å². The summed E-state index contributed by atoms with van der Waals surface area (Å²) in [6, 6.07) is 3.12. The summed E-state index contributed by atoms with van der Waals surface area (Å²) < 4.78 is 94.2. The quantitative estimate of drug-likeness (QED) is 0.0229. The summed E-state index contributed by atoms with van der Waals surface area (Å²) in [5.41, 5.74) is -5.33. The van der Waals surface area contributed by atoms with Gasteiger partial charge in [-0.25, -0.2) is 4.79 Å². The predicted octanol–water partition coefficient (Wildman–Crippen LogP) is -3.76. The van der Waals surface area contributed by atoms with Crippen LogP contribution >= 0.6 is 0 Å². The number of allylic oxidation sites excluding steroid dienone is 1. The summed E-state index contributed by atoms with van der Waals surface area (Å²) in [5, 5.41) is 202. The largest absolute Gasteiger partial charge is 0.493 e. The van der Waals surface area contributed by atoms with E-state index >= 15 is 4.79 Å². The van der Waals surface area contributed by atoms with Crippen LogP contribution < -0.4 is 14.2 Å². The van der Waals surface area contributed by atoms with Gasteiger partial charge in [0.25, 0.3) is 0 Å². The Balaban J connectivity index is 0.793. The second-order valence-corrected chi connectivity index (χ2v) is 34.0. The molecule has 6 saturated heterocycles. The molecule has 6 heterocycles. The van der Waals surface area contributed by atoms with Crippen LogP contribution in [-0.2, 0) is 76.0 Å². The number of carboxylic acids is 1. The van der Waals surface area contributed by atoms with E-state index in [-0.39, 0.29) is 49.4 Å². The van der Waals surface area contributed by atoms with E-state index in [9.17, 15) is 102 Å². The number of fused-ring (bicyclic) bond motifs is 7. The predicted molar refractivity (Wildman–Crippen MR) is 377 cm³/mol. The lowest BCUT2D eigenvalue weighted by atomic mass is 9.33. The first kappa shape index (κ1) is 87.7. The lowest BCUT2D eigenvalue weighted by Crippen LogP contribution is -2.71. The number of esters is 2. The van der Waals surface area contributed by atoms with Crippen LogP contribution in [0.5, 0.6) is 17.2 Å². The number of rotatable bonds is 22. The third-order valence-corrected chi connectivity index (χ3v) is 27.1. The van der Waals surface area contributed by atoms with Gasteiger partial charge in [-0.15, -0.1) is 0 Å². The fraction of sp³-hybridized carbons (Fsp3) is 0.829. The summed E-state index contributed by atoms with van der Waals surface area (Å²) in [5.74, 6) is -4.08. The van der Waals surface area contributed by atoms with Crippen molar-refractivity contribution < 1.29 is 182 Å². The van der Waals surface area contributed by atoms with Crippen LogP contribution in [0.15, 0.2) is 29.9 Å². The number of carbonyl (C=O) groups excluding carboxylic acids is 2. The third-order valence-electron chi connectivity index (χ3n) is 27.1. The molecule has 4 saturated carbocycles. The first-order valence-electron chi connectivity index (χ1n) is 38.6. The minimum atomic E-state index is -2.15. The van der Waals surface area contributed by atoms with Crippen LogP contribution in [0.1, 0.15) is 112 Å². The number of hydrogen-bond acceptors (Lipinski definition) is 36. The van der Waals surface area contributed by atoms with Gasteiger partial charge in [-0.2, -0.15) is 0 Å². The van der Waals surface area contributed by atoms with E-state index in [1.54, 1.807) is 12.1 Å². The van der Waals surface area contributed by atoms with Gasteiger partial charge in [0.2, 0.25) is 12.0 Å². The summed E-state index contributed by atoms with van der Waals surface area (Å²) in [7, 11) is 4.23. The highest BCUT2D eigenvalue weighted by molar-refractivity contribution is 5.87. The molecule has 1 aromatic rings. The molecule has 18 N–H and O–H groups in total. The number of methoxy groups -OCH3 is 3. The number of aliphatic hydroxyl groups is 17. The molecule has 0 spiro atoms. The molecule has 0 bridgehead atoms. The van der Waals surface area contributed by atoms with Crippen molar-refractivity contribution in [1.82, 2.24) is 0 Å². The van der Waals surface area contributed by atoms with Gasteiger partial charge >= 0.3 is 17.9 Å². The van der Waals surface area contributed by atoms with Crippen molar-refractivity contribution >= 4 is 24.0 Å². The molecule has 6 aliphatic heterocycles. The second kappa shape index (κ2) is 33.9. The van der Waals surface area contributed by atoms with Crippen LogP contribution in [0.4, 0.5) is 0 Å². The Morgan fingerprint density at radius 3 is 1.69 bits per heavy atom. The highest BCUT2D eigenvalue weighted by atomic mass is 16.8. The minimum Gasteiger partial charge on any atom is -0.493 e. The Bertz CT molecular complexity index is 3520. The molecule has 640 valence electrons. The molecule has 11 aliphatic rings. The number of aliphatic carboxylic acids is 1. The average molecular weight is 1620 g/mol. The van der Waals surface area contributed by atoms with Crippen LogP contribution in [0, 0.1) is 50.2 Å². The van der Waals surface area contributed by atoms with Crippen molar-refractivity contribution in [3.63, 3.8) is 0 Å². The first-order chi connectivity index (χ1) is 53.3. The fourth-order valence-electron chi connectivity index (χ4n) is 20.7. The van der Waals surface area contributed by atoms with Gasteiger partial charge in [-0.05, 0) is 136 Å². The van der Waals surface area contributed by atoms with Gasteiger partial charge in [0, 0.05) is 11.5 Å². The van der Waals surface area contributed by atoms with Gasteiger partial charge in [0.05, 0.1) is 83.5 Å². The zero-order valence-corrected chi connectivity index (χ0v) is 64.6. The van der Waals surface area contributed by atoms with Crippen molar-refractivity contribution in [3.8, 4) is 17.2 Å². The van der Waals surface area contributed by atoms with E-state index in [0.29, 0.717) is 31.2 Å². The Hall–Kier alpha value is -4.61. The zero-order chi connectivity index (χ0) is 82.4.